The summed E-state index contributed by atoms with van der Waals surface area (Å²) in [6, 6.07) is 9.67. The SMILES string of the molecule is C1=CC2CC1CC2CNC1CCc2ccccc2C1. The minimum atomic E-state index is 0.706. The van der Waals surface area contributed by atoms with Gasteiger partial charge in [-0.15, -0.1) is 0 Å². The molecule has 3 aliphatic rings. The van der Waals surface area contributed by atoms with Gasteiger partial charge in [-0.3, -0.25) is 0 Å². The second-order valence-electron chi connectivity index (χ2n) is 6.66. The predicted molar refractivity (Wildman–Crippen MR) is 79.1 cm³/mol. The predicted octanol–water partition coefficient (Wildman–Crippen LogP) is 3.35. The van der Waals surface area contributed by atoms with Crippen molar-refractivity contribution in [3.8, 4) is 0 Å². The van der Waals surface area contributed by atoms with E-state index in [2.05, 4.69) is 41.7 Å². The van der Waals surface area contributed by atoms with Crippen molar-refractivity contribution in [2.24, 2.45) is 17.8 Å². The molecule has 1 aromatic carbocycles. The summed E-state index contributed by atoms with van der Waals surface area (Å²) in [4.78, 5) is 0. The molecular weight excluding hydrogens is 230 g/mol. The van der Waals surface area contributed by atoms with Gasteiger partial charge in [-0.2, -0.15) is 0 Å². The lowest BCUT2D eigenvalue weighted by Crippen LogP contribution is -2.38. The summed E-state index contributed by atoms with van der Waals surface area (Å²) in [5.41, 5.74) is 3.14. The zero-order valence-corrected chi connectivity index (χ0v) is 11.5. The van der Waals surface area contributed by atoms with Gasteiger partial charge in [0.2, 0.25) is 0 Å². The molecule has 1 N–H and O–H groups in total. The molecule has 1 saturated carbocycles. The number of nitrogens with one attached hydrogen (secondary N) is 1. The molecule has 1 heteroatoms. The highest BCUT2D eigenvalue weighted by Gasteiger charge is 2.35. The third kappa shape index (κ3) is 2.25. The van der Waals surface area contributed by atoms with Crippen molar-refractivity contribution in [2.45, 2.75) is 38.1 Å². The Kier molecular flexibility index (Phi) is 2.96. The number of fused-ring (bicyclic) bond motifs is 3. The minimum absolute atomic E-state index is 0.706. The van der Waals surface area contributed by atoms with Gasteiger partial charge in [0.25, 0.3) is 0 Å². The molecule has 2 bridgehead atoms. The monoisotopic (exact) mass is 253 g/mol. The van der Waals surface area contributed by atoms with Gasteiger partial charge in [0, 0.05) is 6.04 Å². The van der Waals surface area contributed by atoms with E-state index in [0.717, 1.165) is 17.8 Å². The third-order valence-electron chi connectivity index (χ3n) is 5.43. The largest absolute Gasteiger partial charge is 0.313 e. The summed E-state index contributed by atoms with van der Waals surface area (Å²) < 4.78 is 0. The molecule has 0 spiro atoms. The number of allylic oxidation sites excluding steroid dienone is 2. The van der Waals surface area contributed by atoms with E-state index >= 15 is 0 Å². The highest BCUT2D eigenvalue weighted by molar-refractivity contribution is 5.30. The zero-order valence-electron chi connectivity index (χ0n) is 11.5. The van der Waals surface area contributed by atoms with Crippen LogP contribution in [0.3, 0.4) is 0 Å². The third-order valence-corrected chi connectivity index (χ3v) is 5.43. The van der Waals surface area contributed by atoms with E-state index in [0.29, 0.717) is 6.04 Å². The molecule has 1 fully saturated rings. The normalized spacial score (nSPS) is 35.6. The molecule has 0 amide bonds. The van der Waals surface area contributed by atoms with E-state index in [4.69, 9.17) is 0 Å². The van der Waals surface area contributed by atoms with E-state index < -0.39 is 0 Å². The van der Waals surface area contributed by atoms with Gasteiger partial charge < -0.3 is 5.32 Å². The van der Waals surface area contributed by atoms with Crippen molar-refractivity contribution in [3.63, 3.8) is 0 Å². The Bertz CT molecular complexity index is 490. The first-order valence-electron chi connectivity index (χ1n) is 7.87. The molecule has 0 saturated heterocycles. The first kappa shape index (κ1) is 11.7. The Hall–Kier alpha value is -1.08. The molecule has 0 radical (unpaired) electrons. The van der Waals surface area contributed by atoms with Crippen molar-refractivity contribution in [3.05, 3.63) is 47.5 Å². The molecule has 100 valence electrons. The maximum atomic E-state index is 3.86. The topological polar surface area (TPSA) is 12.0 Å². The van der Waals surface area contributed by atoms with Gasteiger partial charge in [-0.25, -0.2) is 0 Å². The average molecular weight is 253 g/mol. The van der Waals surface area contributed by atoms with Crippen LogP contribution >= 0.6 is 0 Å². The van der Waals surface area contributed by atoms with E-state index in [1.807, 2.05) is 0 Å². The summed E-state index contributed by atoms with van der Waals surface area (Å²) in [7, 11) is 0. The maximum Gasteiger partial charge on any atom is 0.0111 e. The lowest BCUT2D eigenvalue weighted by atomic mass is 9.87. The number of hydrogen-bond donors (Lipinski definition) is 1. The fourth-order valence-corrected chi connectivity index (χ4v) is 4.32. The molecule has 1 nitrogen and oxygen atoms in total. The van der Waals surface area contributed by atoms with E-state index in [1.54, 1.807) is 11.1 Å². The Morgan fingerprint density at radius 2 is 1.95 bits per heavy atom. The smallest absolute Gasteiger partial charge is 0.0111 e. The van der Waals surface area contributed by atoms with Gasteiger partial charge in [-0.1, -0.05) is 36.4 Å². The van der Waals surface area contributed by atoms with E-state index in [1.165, 1.54) is 38.6 Å². The molecule has 1 aromatic rings. The Morgan fingerprint density at radius 3 is 2.74 bits per heavy atom. The fourth-order valence-electron chi connectivity index (χ4n) is 4.32. The molecule has 0 aliphatic heterocycles. The van der Waals surface area contributed by atoms with Crippen LogP contribution < -0.4 is 5.32 Å². The van der Waals surface area contributed by atoms with Crippen molar-refractivity contribution in [1.29, 1.82) is 0 Å². The second-order valence-corrected chi connectivity index (χ2v) is 6.66. The van der Waals surface area contributed by atoms with Crippen LogP contribution in [0, 0.1) is 17.8 Å². The van der Waals surface area contributed by atoms with Crippen molar-refractivity contribution < 1.29 is 0 Å². The number of aryl methyl sites for hydroxylation is 1. The molecule has 4 unspecified atom stereocenters. The first-order valence-corrected chi connectivity index (χ1v) is 7.87. The summed E-state index contributed by atoms with van der Waals surface area (Å²) in [5.74, 6) is 2.70. The number of benzene rings is 1. The van der Waals surface area contributed by atoms with Crippen LogP contribution in [0.1, 0.15) is 30.4 Å². The van der Waals surface area contributed by atoms with Gasteiger partial charge in [0.15, 0.2) is 0 Å². The Balaban J connectivity index is 1.34. The Morgan fingerprint density at radius 1 is 1.05 bits per heavy atom. The van der Waals surface area contributed by atoms with Crippen LogP contribution in [0.15, 0.2) is 36.4 Å². The Labute approximate surface area is 116 Å². The van der Waals surface area contributed by atoms with Crippen molar-refractivity contribution in [1.82, 2.24) is 5.32 Å². The molecule has 19 heavy (non-hydrogen) atoms. The summed E-state index contributed by atoms with van der Waals surface area (Å²) in [6.45, 7) is 1.23. The number of hydrogen-bond acceptors (Lipinski definition) is 1. The molecule has 4 rings (SSSR count). The lowest BCUT2D eigenvalue weighted by Gasteiger charge is -2.28. The van der Waals surface area contributed by atoms with Gasteiger partial charge in [-0.05, 0) is 67.5 Å². The van der Waals surface area contributed by atoms with E-state index in [-0.39, 0.29) is 0 Å². The second kappa shape index (κ2) is 4.79. The first-order chi connectivity index (χ1) is 9.38. The molecule has 3 aliphatic carbocycles. The fraction of sp³-hybridized carbons (Fsp3) is 0.556. The highest BCUT2D eigenvalue weighted by Crippen LogP contribution is 2.43. The van der Waals surface area contributed by atoms with Crippen LogP contribution in [-0.4, -0.2) is 12.6 Å². The molecule has 0 aromatic heterocycles. The summed E-state index contributed by atoms with van der Waals surface area (Å²) in [6.07, 6.45) is 11.6. The van der Waals surface area contributed by atoms with E-state index in [9.17, 15) is 0 Å². The summed E-state index contributed by atoms with van der Waals surface area (Å²) >= 11 is 0. The van der Waals surface area contributed by atoms with Crippen LogP contribution in [-0.2, 0) is 12.8 Å². The number of rotatable bonds is 3. The standard InChI is InChI=1S/C18H23N/c1-2-4-15-11-18(8-7-14(15)3-1)19-12-17-10-13-5-6-16(17)9-13/h1-6,13,16-19H,7-12H2. The molecule has 4 atom stereocenters. The quantitative estimate of drug-likeness (QED) is 0.815. The van der Waals surface area contributed by atoms with Crippen LogP contribution in [0.25, 0.3) is 0 Å². The summed E-state index contributed by atoms with van der Waals surface area (Å²) in [5, 5.41) is 3.86. The van der Waals surface area contributed by atoms with Gasteiger partial charge in [0.05, 0.1) is 0 Å². The van der Waals surface area contributed by atoms with Gasteiger partial charge in [0.1, 0.15) is 0 Å². The minimum Gasteiger partial charge on any atom is -0.313 e. The molecule has 0 heterocycles. The molecular formula is C18H23N. The van der Waals surface area contributed by atoms with Crippen LogP contribution in [0.4, 0.5) is 0 Å². The van der Waals surface area contributed by atoms with Gasteiger partial charge >= 0.3 is 0 Å². The highest BCUT2D eigenvalue weighted by atomic mass is 14.9. The zero-order chi connectivity index (χ0) is 12.7. The maximum absolute atomic E-state index is 3.86. The van der Waals surface area contributed by atoms with Crippen LogP contribution in [0.2, 0.25) is 0 Å². The van der Waals surface area contributed by atoms with Crippen molar-refractivity contribution >= 4 is 0 Å². The lowest BCUT2D eigenvalue weighted by molar-refractivity contribution is 0.365. The average Bonchev–Trinajstić information content (AvgIpc) is 3.07. The van der Waals surface area contributed by atoms with Crippen molar-refractivity contribution in [2.75, 3.05) is 6.54 Å². The van der Waals surface area contributed by atoms with Crippen LogP contribution in [0.5, 0.6) is 0 Å².